The van der Waals surface area contributed by atoms with E-state index >= 15 is 0 Å². The minimum absolute atomic E-state index is 0.225. The van der Waals surface area contributed by atoms with Gasteiger partial charge in [0.2, 0.25) is 4.80 Å². The van der Waals surface area contributed by atoms with Gasteiger partial charge in [-0.1, -0.05) is 24.3 Å². The van der Waals surface area contributed by atoms with Gasteiger partial charge in [0.05, 0.1) is 22.8 Å². The Bertz CT molecular complexity index is 1680. The summed E-state index contributed by atoms with van der Waals surface area (Å²) in [5, 5.41) is 6.73. The summed E-state index contributed by atoms with van der Waals surface area (Å²) in [7, 11) is 1.83. The number of aromatic nitrogens is 4. The number of benzene rings is 2. The van der Waals surface area contributed by atoms with Crippen LogP contribution in [0.15, 0.2) is 99.4 Å². The molecule has 3 heterocycles. The molecule has 0 spiro atoms. The van der Waals surface area contributed by atoms with Crippen molar-refractivity contribution < 1.29 is 4.39 Å². The van der Waals surface area contributed by atoms with Gasteiger partial charge >= 0.3 is 0 Å². The molecule has 0 aliphatic carbocycles. The molecule has 5 rings (SSSR count). The Hall–Kier alpha value is -4.37. The van der Waals surface area contributed by atoms with E-state index in [-0.39, 0.29) is 11.4 Å². The largest absolute Gasteiger partial charge is 0.297 e. The van der Waals surface area contributed by atoms with E-state index in [1.165, 1.54) is 23.5 Å². The lowest BCUT2D eigenvalue weighted by molar-refractivity contribution is 0.628. The van der Waals surface area contributed by atoms with E-state index in [0.717, 1.165) is 33.9 Å². The lowest BCUT2D eigenvalue weighted by Gasteiger charge is -2.07. The highest BCUT2D eigenvalue weighted by Gasteiger charge is 2.17. The molecular formula is C27H23FN6OS. The molecule has 0 aliphatic heterocycles. The highest BCUT2D eigenvalue weighted by atomic mass is 32.1. The monoisotopic (exact) mass is 498 g/mol. The van der Waals surface area contributed by atoms with Gasteiger partial charge in [-0.05, 0) is 56.3 Å². The fourth-order valence-corrected chi connectivity index (χ4v) is 4.69. The minimum Gasteiger partial charge on any atom is -0.283 e. The van der Waals surface area contributed by atoms with E-state index in [4.69, 9.17) is 10.1 Å². The van der Waals surface area contributed by atoms with Crippen LogP contribution < -0.4 is 10.4 Å². The zero-order valence-electron chi connectivity index (χ0n) is 20.0. The molecule has 0 N–H and O–H groups in total. The first kappa shape index (κ1) is 23.4. The van der Waals surface area contributed by atoms with Gasteiger partial charge in [0.1, 0.15) is 5.82 Å². The van der Waals surface area contributed by atoms with Crippen LogP contribution in [0.5, 0.6) is 0 Å². The van der Waals surface area contributed by atoms with Crippen LogP contribution in [0.3, 0.4) is 0 Å². The maximum Gasteiger partial charge on any atom is 0.297 e. The zero-order chi connectivity index (χ0) is 25.2. The molecule has 0 saturated carbocycles. The van der Waals surface area contributed by atoms with Gasteiger partial charge in [-0.2, -0.15) is 5.10 Å². The number of rotatable bonds is 5. The summed E-state index contributed by atoms with van der Waals surface area (Å²) < 4.78 is 18.7. The van der Waals surface area contributed by atoms with E-state index in [1.807, 2.05) is 68.7 Å². The number of hydrogen-bond donors (Lipinski definition) is 0. The summed E-state index contributed by atoms with van der Waals surface area (Å²) in [6, 6.07) is 19.4. The topological polar surface area (TPSA) is 69.5 Å². The molecule has 36 heavy (non-hydrogen) atoms. The highest BCUT2D eigenvalue weighted by Crippen LogP contribution is 2.22. The van der Waals surface area contributed by atoms with Crippen LogP contribution in [0.1, 0.15) is 18.2 Å². The van der Waals surface area contributed by atoms with Gasteiger partial charge in [0.15, 0.2) is 5.69 Å². The lowest BCUT2D eigenvalue weighted by atomic mass is 10.2. The first-order chi connectivity index (χ1) is 17.4. The number of hydrogen-bond acceptors (Lipinski definition) is 5. The molecule has 0 aliphatic rings. The molecule has 0 atom stereocenters. The molecule has 3 aromatic heterocycles. The summed E-state index contributed by atoms with van der Waals surface area (Å²) in [6.45, 7) is 3.75. The molecule has 0 unspecified atom stereocenters. The third-order valence-corrected chi connectivity index (χ3v) is 6.70. The molecule has 180 valence electrons. The number of nitrogens with zero attached hydrogens (tertiary/aromatic N) is 6. The first-order valence-corrected chi connectivity index (χ1v) is 12.1. The van der Waals surface area contributed by atoms with Crippen LogP contribution in [0.25, 0.3) is 16.9 Å². The molecule has 2 aromatic carbocycles. The van der Waals surface area contributed by atoms with Gasteiger partial charge in [-0.15, -0.1) is 11.3 Å². The Morgan fingerprint density at radius 3 is 2.47 bits per heavy atom. The zero-order valence-corrected chi connectivity index (χ0v) is 20.8. The average molecular weight is 499 g/mol. The fraction of sp³-hybridized carbons (Fsp3) is 0.111. The smallest absolute Gasteiger partial charge is 0.283 e. The van der Waals surface area contributed by atoms with Crippen LogP contribution in [-0.2, 0) is 7.05 Å². The molecule has 5 aromatic rings. The van der Waals surface area contributed by atoms with Crippen molar-refractivity contribution in [3.8, 4) is 16.9 Å². The Balaban J connectivity index is 1.73. The third-order valence-electron chi connectivity index (χ3n) is 5.89. The lowest BCUT2D eigenvalue weighted by Crippen LogP contribution is -2.20. The number of halogens is 1. The second kappa shape index (κ2) is 9.71. The van der Waals surface area contributed by atoms with Crippen LogP contribution in [-0.4, -0.2) is 24.7 Å². The van der Waals surface area contributed by atoms with Crippen molar-refractivity contribution >= 4 is 22.7 Å². The fourth-order valence-electron chi connectivity index (χ4n) is 3.86. The predicted molar refractivity (Wildman–Crippen MR) is 141 cm³/mol. The van der Waals surface area contributed by atoms with Gasteiger partial charge in [-0.25, -0.2) is 18.7 Å². The van der Waals surface area contributed by atoms with Gasteiger partial charge in [0.25, 0.3) is 5.56 Å². The Labute approximate surface area is 210 Å². The molecule has 0 bridgehead atoms. The minimum atomic E-state index is -0.318. The van der Waals surface area contributed by atoms with Crippen molar-refractivity contribution in [3.63, 3.8) is 0 Å². The van der Waals surface area contributed by atoms with Gasteiger partial charge in [0, 0.05) is 35.9 Å². The summed E-state index contributed by atoms with van der Waals surface area (Å²) in [4.78, 5) is 22.9. The van der Waals surface area contributed by atoms with Crippen LogP contribution in [0.2, 0.25) is 0 Å². The highest BCUT2D eigenvalue weighted by molar-refractivity contribution is 7.07. The maximum absolute atomic E-state index is 13.6. The summed E-state index contributed by atoms with van der Waals surface area (Å²) >= 11 is 1.36. The van der Waals surface area contributed by atoms with Crippen molar-refractivity contribution in [3.05, 3.63) is 117 Å². The van der Waals surface area contributed by atoms with Gasteiger partial charge < -0.3 is 0 Å². The second-order valence-corrected chi connectivity index (χ2v) is 9.01. The average Bonchev–Trinajstić information content (AvgIpc) is 3.39. The van der Waals surface area contributed by atoms with Crippen molar-refractivity contribution in [2.24, 2.45) is 17.1 Å². The number of pyridine rings is 1. The molecule has 0 saturated heterocycles. The number of thiazole rings is 1. The quantitative estimate of drug-likeness (QED) is 0.318. The molecule has 0 radical (unpaired) electrons. The van der Waals surface area contributed by atoms with Crippen LogP contribution in [0.4, 0.5) is 10.1 Å². The van der Waals surface area contributed by atoms with E-state index in [0.29, 0.717) is 10.5 Å². The Morgan fingerprint density at radius 2 is 1.78 bits per heavy atom. The second-order valence-electron chi connectivity index (χ2n) is 8.17. The molecule has 0 fully saturated rings. The number of para-hydroxylation sites is 1. The van der Waals surface area contributed by atoms with Crippen LogP contribution in [0, 0.1) is 12.7 Å². The third kappa shape index (κ3) is 4.36. The molecule has 9 heteroatoms. The van der Waals surface area contributed by atoms with Crippen molar-refractivity contribution in [2.75, 3.05) is 0 Å². The SMILES string of the molecule is CC(=Nn1c(-c2ccc(F)cc2)csc1=Nc1c(C)n(C)n(-c2ccccc2)c1=O)c1cccnc1. The van der Waals surface area contributed by atoms with Crippen molar-refractivity contribution in [2.45, 2.75) is 13.8 Å². The van der Waals surface area contributed by atoms with E-state index in [9.17, 15) is 9.18 Å². The standard InChI is InChI=1S/C27H23FN6OS/c1-18(21-8-7-15-29-16-21)31-33-24(20-11-13-22(28)14-12-20)17-36-27(33)30-25-19(2)32(3)34(26(25)35)23-9-5-4-6-10-23/h4-17H,1-3H3. The van der Waals surface area contributed by atoms with Crippen molar-refractivity contribution in [1.29, 1.82) is 0 Å². The Morgan fingerprint density at radius 1 is 1.03 bits per heavy atom. The van der Waals surface area contributed by atoms with Crippen LogP contribution >= 0.6 is 11.3 Å². The molecule has 0 amide bonds. The van der Waals surface area contributed by atoms with E-state index in [1.54, 1.807) is 38.6 Å². The first-order valence-electron chi connectivity index (χ1n) is 11.3. The van der Waals surface area contributed by atoms with E-state index < -0.39 is 0 Å². The Kier molecular flexibility index (Phi) is 6.30. The molecule has 7 nitrogen and oxygen atoms in total. The van der Waals surface area contributed by atoms with Gasteiger partial charge in [-0.3, -0.25) is 14.5 Å². The van der Waals surface area contributed by atoms with Crippen molar-refractivity contribution in [1.82, 2.24) is 19.0 Å². The maximum atomic E-state index is 13.6. The van der Waals surface area contributed by atoms with E-state index in [2.05, 4.69) is 4.98 Å². The molecular weight excluding hydrogens is 475 g/mol. The summed E-state index contributed by atoms with van der Waals surface area (Å²) in [5.74, 6) is -0.318. The predicted octanol–water partition coefficient (Wildman–Crippen LogP) is 5.05. The summed E-state index contributed by atoms with van der Waals surface area (Å²) in [5.41, 5.74) is 4.68. The summed E-state index contributed by atoms with van der Waals surface area (Å²) in [6.07, 6.45) is 3.44. The normalized spacial score (nSPS) is 12.3.